The van der Waals surface area contributed by atoms with Gasteiger partial charge in [-0.1, -0.05) is 13.8 Å². The number of piperazine rings is 1. The van der Waals surface area contributed by atoms with E-state index in [1.807, 2.05) is 0 Å². The van der Waals surface area contributed by atoms with Crippen LogP contribution in [0.1, 0.15) is 27.7 Å². The number of rotatable bonds is 4. The van der Waals surface area contributed by atoms with Crippen LogP contribution < -0.4 is 5.32 Å². The highest BCUT2D eigenvalue weighted by atomic mass is 15.3. The van der Waals surface area contributed by atoms with Crippen LogP contribution in [0, 0.1) is 5.92 Å². The summed E-state index contributed by atoms with van der Waals surface area (Å²) in [6, 6.07) is 2.01. The Labute approximate surface area is 101 Å². The molecule has 1 aliphatic rings. The van der Waals surface area contributed by atoms with Crippen LogP contribution in [-0.2, 0) is 0 Å². The van der Waals surface area contributed by atoms with Gasteiger partial charge in [-0.15, -0.1) is 0 Å². The van der Waals surface area contributed by atoms with E-state index < -0.39 is 0 Å². The van der Waals surface area contributed by atoms with Crippen molar-refractivity contribution in [2.75, 3.05) is 33.7 Å². The summed E-state index contributed by atoms with van der Waals surface area (Å²) in [5, 5.41) is 3.33. The molecular weight excluding hydrogens is 198 g/mol. The van der Waals surface area contributed by atoms with Crippen molar-refractivity contribution in [3.05, 3.63) is 0 Å². The summed E-state index contributed by atoms with van der Waals surface area (Å²) in [7, 11) is 4.30. The molecule has 1 heterocycles. The molecule has 0 saturated carbocycles. The van der Waals surface area contributed by atoms with Crippen LogP contribution in [0.25, 0.3) is 0 Å². The lowest BCUT2D eigenvalue weighted by Gasteiger charge is -2.46. The van der Waals surface area contributed by atoms with Crippen LogP contribution in [0.5, 0.6) is 0 Å². The average Bonchev–Trinajstić information content (AvgIpc) is 2.21. The van der Waals surface area contributed by atoms with Crippen molar-refractivity contribution in [3.8, 4) is 0 Å². The Morgan fingerprint density at radius 1 is 1.19 bits per heavy atom. The second-order valence-electron chi connectivity index (χ2n) is 5.69. The molecule has 1 saturated heterocycles. The predicted octanol–water partition coefficient (Wildman–Crippen LogP) is 1.25. The van der Waals surface area contributed by atoms with Gasteiger partial charge >= 0.3 is 0 Å². The Bertz CT molecular complexity index is 193. The van der Waals surface area contributed by atoms with Crippen LogP contribution in [-0.4, -0.2) is 61.7 Å². The molecule has 1 fully saturated rings. The minimum absolute atomic E-state index is 0.668. The van der Waals surface area contributed by atoms with E-state index in [2.05, 4.69) is 56.9 Å². The average molecular weight is 227 g/mol. The molecule has 1 aliphatic heterocycles. The van der Waals surface area contributed by atoms with Crippen LogP contribution in [0.3, 0.4) is 0 Å². The quantitative estimate of drug-likeness (QED) is 0.780. The lowest BCUT2D eigenvalue weighted by molar-refractivity contribution is 0.0214. The number of nitrogens with zero attached hydrogens (tertiary/aromatic N) is 2. The number of hydrogen-bond donors (Lipinski definition) is 1. The Morgan fingerprint density at radius 3 is 2.06 bits per heavy atom. The van der Waals surface area contributed by atoms with Gasteiger partial charge in [0.15, 0.2) is 0 Å². The Morgan fingerprint density at radius 2 is 1.69 bits per heavy atom. The van der Waals surface area contributed by atoms with Crippen molar-refractivity contribution in [2.45, 2.75) is 45.8 Å². The van der Waals surface area contributed by atoms with Crippen LogP contribution in [0.2, 0.25) is 0 Å². The highest BCUT2D eigenvalue weighted by molar-refractivity contribution is 4.88. The van der Waals surface area contributed by atoms with Crippen molar-refractivity contribution in [1.82, 2.24) is 15.1 Å². The van der Waals surface area contributed by atoms with Gasteiger partial charge in [0.25, 0.3) is 0 Å². The second kappa shape index (κ2) is 5.99. The fraction of sp³-hybridized carbons (Fsp3) is 1.00. The minimum Gasteiger partial charge on any atom is -0.318 e. The van der Waals surface area contributed by atoms with E-state index in [-0.39, 0.29) is 0 Å². The highest BCUT2D eigenvalue weighted by Gasteiger charge is 2.31. The lowest BCUT2D eigenvalue weighted by atomic mass is 9.98. The van der Waals surface area contributed by atoms with Gasteiger partial charge in [0, 0.05) is 37.8 Å². The highest BCUT2D eigenvalue weighted by Crippen LogP contribution is 2.19. The largest absolute Gasteiger partial charge is 0.318 e. The van der Waals surface area contributed by atoms with E-state index in [0.29, 0.717) is 18.1 Å². The van der Waals surface area contributed by atoms with Crippen molar-refractivity contribution in [3.63, 3.8) is 0 Å². The fourth-order valence-electron chi connectivity index (χ4n) is 2.71. The molecule has 3 unspecified atom stereocenters. The zero-order chi connectivity index (χ0) is 12.3. The number of likely N-dealkylation sites (N-methyl/N-ethyl adjacent to an activating group) is 2. The molecule has 0 radical (unpaired) electrons. The summed E-state index contributed by atoms with van der Waals surface area (Å²) >= 11 is 0. The van der Waals surface area contributed by atoms with Gasteiger partial charge in [-0.05, 0) is 33.9 Å². The number of nitrogens with one attached hydrogen (secondary N) is 1. The molecule has 0 aromatic rings. The molecule has 1 rings (SSSR count). The first-order chi connectivity index (χ1) is 7.47. The topological polar surface area (TPSA) is 18.5 Å². The SMILES string of the molecule is CNCC(C(C)C)N1CC(C)N(C)C(C)C1. The lowest BCUT2D eigenvalue weighted by Crippen LogP contribution is -2.59. The van der Waals surface area contributed by atoms with Crippen molar-refractivity contribution in [1.29, 1.82) is 0 Å². The Kier molecular flexibility index (Phi) is 5.22. The zero-order valence-corrected chi connectivity index (χ0v) is 11.8. The third-order valence-corrected chi connectivity index (χ3v) is 4.04. The van der Waals surface area contributed by atoms with E-state index in [1.54, 1.807) is 0 Å². The molecular formula is C13H29N3. The maximum absolute atomic E-state index is 3.33. The number of hydrogen-bond acceptors (Lipinski definition) is 3. The summed E-state index contributed by atoms with van der Waals surface area (Å²) < 4.78 is 0. The first-order valence-corrected chi connectivity index (χ1v) is 6.58. The Hall–Kier alpha value is -0.120. The van der Waals surface area contributed by atoms with E-state index >= 15 is 0 Å². The summed E-state index contributed by atoms with van der Waals surface area (Å²) in [5.41, 5.74) is 0. The molecule has 1 N–H and O–H groups in total. The minimum atomic E-state index is 0.668. The second-order valence-corrected chi connectivity index (χ2v) is 5.69. The van der Waals surface area contributed by atoms with Gasteiger partial charge < -0.3 is 5.32 Å². The molecule has 0 spiro atoms. The molecule has 0 aliphatic carbocycles. The van der Waals surface area contributed by atoms with E-state index in [1.165, 1.54) is 13.1 Å². The standard InChI is InChI=1S/C13H29N3/c1-10(2)13(7-14-5)16-8-11(3)15(6)12(4)9-16/h10-14H,7-9H2,1-6H3. The Balaban J connectivity index is 2.64. The van der Waals surface area contributed by atoms with E-state index in [4.69, 9.17) is 0 Å². The van der Waals surface area contributed by atoms with Gasteiger partial charge in [-0.3, -0.25) is 9.80 Å². The van der Waals surface area contributed by atoms with Crippen molar-refractivity contribution >= 4 is 0 Å². The van der Waals surface area contributed by atoms with Crippen LogP contribution in [0.4, 0.5) is 0 Å². The third kappa shape index (κ3) is 3.19. The van der Waals surface area contributed by atoms with Crippen LogP contribution in [0.15, 0.2) is 0 Å². The first kappa shape index (κ1) is 13.9. The van der Waals surface area contributed by atoms with Crippen molar-refractivity contribution < 1.29 is 0 Å². The summed E-state index contributed by atoms with van der Waals surface area (Å²) in [6.07, 6.45) is 0. The molecule has 0 amide bonds. The van der Waals surface area contributed by atoms with Gasteiger partial charge in [0.2, 0.25) is 0 Å². The van der Waals surface area contributed by atoms with Gasteiger partial charge in [-0.25, -0.2) is 0 Å². The molecule has 3 nitrogen and oxygen atoms in total. The smallest absolute Gasteiger partial charge is 0.0244 e. The molecule has 96 valence electrons. The monoisotopic (exact) mass is 227 g/mol. The molecule has 0 aromatic carbocycles. The fourth-order valence-corrected chi connectivity index (χ4v) is 2.71. The predicted molar refractivity (Wildman–Crippen MR) is 70.8 cm³/mol. The van der Waals surface area contributed by atoms with Crippen LogP contribution >= 0.6 is 0 Å². The van der Waals surface area contributed by atoms with Gasteiger partial charge in [0.05, 0.1) is 0 Å². The normalized spacial score (nSPS) is 30.9. The molecule has 0 aromatic heterocycles. The molecule has 3 atom stereocenters. The maximum atomic E-state index is 3.33. The van der Waals surface area contributed by atoms with Gasteiger partial charge in [0.1, 0.15) is 0 Å². The third-order valence-electron chi connectivity index (χ3n) is 4.04. The van der Waals surface area contributed by atoms with Gasteiger partial charge in [-0.2, -0.15) is 0 Å². The van der Waals surface area contributed by atoms with E-state index in [9.17, 15) is 0 Å². The van der Waals surface area contributed by atoms with E-state index in [0.717, 1.165) is 12.5 Å². The summed E-state index contributed by atoms with van der Waals surface area (Å²) in [6.45, 7) is 12.8. The first-order valence-electron chi connectivity index (χ1n) is 6.58. The molecule has 16 heavy (non-hydrogen) atoms. The molecule has 0 bridgehead atoms. The summed E-state index contributed by atoms with van der Waals surface area (Å²) in [5.74, 6) is 0.718. The summed E-state index contributed by atoms with van der Waals surface area (Å²) in [4.78, 5) is 5.16. The zero-order valence-electron chi connectivity index (χ0n) is 11.8. The molecule has 3 heteroatoms. The maximum Gasteiger partial charge on any atom is 0.0244 e. The van der Waals surface area contributed by atoms with Crippen molar-refractivity contribution in [2.24, 2.45) is 5.92 Å².